The van der Waals surface area contributed by atoms with E-state index in [1.165, 1.54) is 13.2 Å². The van der Waals surface area contributed by atoms with Crippen molar-refractivity contribution in [1.82, 2.24) is 0 Å². The zero-order valence-electron chi connectivity index (χ0n) is 9.25. The number of methoxy groups -OCH3 is 1. The summed E-state index contributed by atoms with van der Waals surface area (Å²) in [7, 11) is 1.54. The fourth-order valence-electron chi connectivity index (χ4n) is 1.92. The van der Waals surface area contributed by atoms with Gasteiger partial charge in [0.2, 0.25) is 0 Å². The van der Waals surface area contributed by atoms with E-state index < -0.39 is 5.82 Å². The van der Waals surface area contributed by atoms with Gasteiger partial charge < -0.3 is 4.74 Å². The molecule has 0 aliphatic carbocycles. The highest BCUT2D eigenvalue weighted by atomic mass is 32.2. The molecule has 4 heteroatoms. The maximum atomic E-state index is 13.7. The zero-order chi connectivity index (χ0) is 11.7. The number of carbonyl (C=O) groups is 1. The zero-order valence-corrected chi connectivity index (χ0v) is 10.1. The quantitative estimate of drug-likeness (QED) is 0.794. The van der Waals surface area contributed by atoms with Crippen molar-refractivity contribution in [3.8, 4) is 5.75 Å². The van der Waals surface area contributed by atoms with Gasteiger partial charge in [0.25, 0.3) is 0 Å². The SMILES string of the molecule is CCC1SCc2c(OC)ccc(F)c2C1=O. The molecule has 1 aliphatic heterocycles. The van der Waals surface area contributed by atoms with Gasteiger partial charge in [0.1, 0.15) is 11.6 Å². The molecule has 2 nitrogen and oxygen atoms in total. The third-order valence-electron chi connectivity index (χ3n) is 2.78. The summed E-state index contributed by atoms with van der Waals surface area (Å²) >= 11 is 1.56. The number of hydrogen-bond donors (Lipinski definition) is 0. The van der Waals surface area contributed by atoms with Crippen molar-refractivity contribution in [3.63, 3.8) is 0 Å². The van der Waals surface area contributed by atoms with Crippen LogP contribution in [0.25, 0.3) is 0 Å². The molecular weight excluding hydrogens is 227 g/mol. The number of hydrogen-bond acceptors (Lipinski definition) is 3. The van der Waals surface area contributed by atoms with Crippen molar-refractivity contribution in [2.24, 2.45) is 0 Å². The Hall–Kier alpha value is -1.03. The minimum atomic E-state index is -0.431. The molecule has 1 aliphatic rings. The lowest BCUT2D eigenvalue weighted by Gasteiger charge is -2.23. The van der Waals surface area contributed by atoms with Crippen molar-refractivity contribution in [2.45, 2.75) is 24.3 Å². The molecule has 0 amide bonds. The van der Waals surface area contributed by atoms with Crippen LogP contribution in [0.4, 0.5) is 4.39 Å². The van der Waals surface area contributed by atoms with Crippen LogP contribution >= 0.6 is 11.8 Å². The van der Waals surface area contributed by atoms with E-state index >= 15 is 0 Å². The predicted octanol–water partition coefficient (Wildman–Crippen LogP) is 3.04. The first-order chi connectivity index (χ1) is 7.69. The van der Waals surface area contributed by atoms with Crippen molar-refractivity contribution >= 4 is 17.5 Å². The number of fused-ring (bicyclic) bond motifs is 1. The lowest BCUT2D eigenvalue weighted by atomic mass is 9.99. The van der Waals surface area contributed by atoms with E-state index in [0.29, 0.717) is 17.1 Å². The van der Waals surface area contributed by atoms with Gasteiger partial charge in [-0.25, -0.2) is 4.39 Å². The molecule has 1 unspecified atom stereocenters. The summed E-state index contributed by atoms with van der Waals surface area (Å²) < 4.78 is 18.8. The van der Waals surface area contributed by atoms with E-state index in [1.54, 1.807) is 17.8 Å². The molecule has 0 spiro atoms. The summed E-state index contributed by atoms with van der Waals surface area (Å²) in [5.41, 5.74) is 0.923. The van der Waals surface area contributed by atoms with Crippen LogP contribution < -0.4 is 4.74 Å². The molecule has 0 radical (unpaired) electrons. The van der Waals surface area contributed by atoms with Crippen LogP contribution in [0.2, 0.25) is 0 Å². The van der Waals surface area contributed by atoms with Crippen LogP contribution in [0.1, 0.15) is 29.3 Å². The van der Waals surface area contributed by atoms with Gasteiger partial charge in [0, 0.05) is 11.3 Å². The maximum Gasteiger partial charge on any atom is 0.179 e. The number of ketones is 1. The highest BCUT2D eigenvalue weighted by Crippen LogP contribution is 2.37. The van der Waals surface area contributed by atoms with Crippen molar-refractivity contribution in [1.29, 1.82) is 0 Å². The van der Waals surface area contributed by atoms with Gasteiger partial charge in [-0.2, -0.15) is 0 Å². The first-order valence-corrected chi connectivity index (χ1v) is 6.25. The molecule has 0 fully saturated rings. The highest BCUT2D eigenvalue weighted by Gasteiger charge is 2.31. The van der Waals surface area contributed by atoms with Gasteiger partial charge >= 0.3 is 0 Å². The van der Waals surface area contributed by atoms with Crippen molar-refractivity contribution in [3.05, 3.63) is 29.1 Å². The third-order valence-corrected chi connectivity index (χ3v) is 4.18. The fraction of sp³-hybridized carbons (Fsp3) is 0.417. The van der Waals surface area contributed by atoms with Crippen molar-refractivity contribution in [2.75, 3.05) is 7.11 Å². The van der Waals surface area contributed by atoms with E-state index in [4.69, 9.17) is 4.74 Å². The van der Waals surface area contributed by atoms with Gasteiger partial charge in [-0.3, -0.25) is 4.79 Å². The number of Topliss-reactive ketones (excluding diaryl/α,β-unsaturated/α-hetero) is 1. The lowest BCUT2D eigenvalue weighted by molar-refractivity contribution is 0.0981. The second-order valence-corrected chi connectivity index (χ2v) is 4.87. The van der Waals surface area contributed by atoms with E-state index in [2.05, 4.69) is 0 Å². The molecular formula is C12H13FO2S. The highest BCUT2D eigenvalue weighted by molar-refractivity contribution is 8.00. The Kier molecular flexibility index (Phi) is 3.19. The molecule has 1 aromatic rings. The molecule has 0 N–H and O–H groups in total. The van der Waals surface area contributed by atoms with Crippen LogP contribution in [0.3, 0.4) is 0 Å². The summed E-state index contributed by atoms with van der Waals surface area (Å²) in [6.07, 6.45) is 0.736. The van der Waals surface area contributed by atoms with Crippen LogP contribution in [0, 0.1) is 5.82 Å². The van der Waals surface area contributed by atoms with E-state index in [-0.39, 0.29) is 16.6 Å². The molecule has 1 heterocycles. The molecule has 0 saturated heterocycles. The first kappa shape index (κ1) is 11.5. The molecule has 86 valence electrons. The Balaban J connectivity index is 2.54. The number of thioether (sulfide) groups is 1. The average molecular weight is 240 g/mol. The number of carbonyl (C=O) groups excluding carboxylic acids is 1. The van der Waals surface area contributed by atoms with Crippen LogP contribution in [-0.4, -0.2) is 18.1 Å². The molecule has 0 bridgehead atoms. The molecule has 0 saturated carbocycles. The van der Waals surface area contributed by atoms with Gasteiger partial charge in [-0.05, 0) is 18.6 Å². The second kappa shape index (κ2) is 4.45. The predicted molar refractivity (Wildman–Crippen MR) is 62.7 cm³/mol. The minimum Gasteiger partial charge on any atom is -0.496 e. The van der Waals surface area contributed by atoms with Gasteiger partial charge in [0.05, 0.1) is 17.9 Å². The summed E-state index contributed by atoms with van der Waals surface area (Å²) in [4.78, 5) is 12.0. The Morgan fingerprint density at radius 3 is 2.94 bits per heavy atom. The Morgan fingerprint density at radius 2 is 2.31 bits per heavy atom. The molecule has 16 heavy (non-hydrogen) atoms. The van der Waals surface area contributed by atoms with Gasteiger partial charge in [-0.1, -0.05) is 6.92 Å². The van der Waals surface area contributed by atoms with Gasteiger partial charge in [-0.15, -0.1) is 11.8 Å². The lowest BCUT2D eigenvalue weighted by Crippen LogP contribution is -2.24. The van der Waals surface area contributed by atoms with E-state index in [0.717, 1.165) is 6.42 Å². The second-order valence-electron chi connectivity index (χ2n) is 3.68. The Morgan fingerprint density at radius 1 is 1.56 bits per heavy atom. The summed E-state index contributed by atoms with van der Waals surface area (Å²) in [5.74, 6) is 0.706. The molecule has 1 atom stereocenters. The van der Waals surface area contributed by atoms with Crippen molar-refractivity contribution < 1.29 is 13.9 Å². The maximum absolute atomic E-state index is 13.7. The fourth-order valence-corrected chi connectivity index (χ4v) is 3.08. The molecule has 1 aromatic carbocycles. The average Bonchev–Trinajstić information content (AvgIpc) is 2.30. The van der Waals surface area contributed by atoms with Crippen LogP contribution in [-0.2, 0) is 5.75 Å². The first-order valence-electron chi connectivity index (χ1n) is 5.20. The number of rotatable bonds is 2. The Labute approximate surface area is 98.2 Å². The largest absolute Gasteiger partial charge is 0.496 e. The summed E-state index contributed by atoms with van der Waals surface area (Å²) in [6.45, 7) is 1.94. The standard InChI is InChI=1S/C12H13FO2S/c1-3-10-12(14)11-7(6-16-10)9(15-2)5-4-8(11)13/h4-5,10H,3,6H2,1-2H3. The topological polar surface area (TPSA) is 26.3 Å². The van der Waals surface area contributed by atoms with Gasteiger partial charge in [0.15, 0.2) is 5.78 Å². The molecule has 0 aromatic heterocycles. The number of halogens is 1. The monoisotopic (exact) mass is 240 g/mol. The van der Waals surface area contributed by atoms with E-state index in [9.17, 15) is 9.18 Å². The number of benzene rings is 1. The molecule has 2 rings (SSSR count). The third kappa shape index (κ3) is 1.71. The summed E-state index contributed by atoms with van der Waals surface area (Å²) in [6, 6.07) is 2.88. The Bertz CT molecular complexity index is 431. The summed E-state index contributed by atoms with van der Waals surface area (Å²) in [5, 5.41) is -0.117. The number of ether oxygens (including phenoxy) is 1. The minimum absolute atomic E-state index is 0.106. The normalized spacial score (nSPS) is 19.4. The smallest absolute Gasteiger partial charge is 0.179 e. The van der Waals surface area contributed by atoms with Crippen LogP contribution in [0.15, 0.2) is 12.1 Å². The van der Waals surface area contributed by atoms with Crippen LogP contribution in [0.5, 0.6) is 5.75 Å². The van der Waals surface area contributed by atoms with E-state index in [1.807, 2.05) is 6.92 Å².